The Morgan fingerprint density at radius 3 is 1.24 bits per heavy atom. The minimum absolute atomic E-state index is 0.0651. The van der Waals surface area contributed by atoms with Gasteiger partial charge in [0.1, 0.15) is 24.4 Å². The van der Waals surface area contributed by atoms with Crippen LogP contribution >= 0.6 is 0 Å². The van der Waals surface area contributed by atoms with Crippen LogP contribution in [0.3, 0.4) is 0 Å². The van der Waals surface area contributed by atoms with E-state index in [1.807, 2.05) is 0 Å². The summed E-state index contributed by atoms with van der Waals surface area (Å²) in [6, 6.07) is -2.89. The van der Waals surface area contributed by atoms with Crippen molar-refractivity contribution in [3.63, 3.8) is 0 Å². The van der Waals surface area contributed by atoms with Crippen LogP contribution in [0.1, 0.15) is 336 Å². The molecule has 0 aliphatic carbocycles. The Kier molecular flexibility index (Phi) is 49.8. The number of aliphatic hydroxyl groups excluding tert-OH is 2. The van der Waals surface area contributed by atoms with Crippen LogP contribution in [0, 0.1) is 0 Å². The lowest BCUT2D eigenvalue weighted by molar-refractivity contribution is -0.284. The Hall–Kier alpha value is -2.81. The fourth-order valence-corrected chi connectivity index (χ4v) is 11.0. The van der Waals surface area contributed by atoms with Crippen molar-refractivity contribution >= 4 is 29.7 Å². The molecule has 1 saturated heterocycles. The van der Waals surface area contributed by atoms with E-state index in [0.717, 1.165) is 89.9 Å². The third-order valence-corrected chi connectivity index (χ3v) is 16.2. The van der Waals surface area contributed by atoms with Gasteiger partial charge in [-0.15, -0.1) is 0 Å². The van der Waals surface area contributed by atoms with Crippen molar-refractivity contribution in [2.24, 2.45) is 0 Å². The molecule has 0 unspecified atom stereocenters. The highest BCUT2D eigenvalue weighted by Gasteiger charge is 2.50. The van der Waals surface area contributed by atoms with Gasteiger partial charge < -0.3 is 44.9 Å². The lowest BCUT2D eigenvalue weighted by Gasteiger charge is -2.44. The number of nitrogens with one attached hydrogen (secondary N) is 2. The van der Waals surface area contributed by atoms with Gasteiger partial charge in [-0.25, -0.2) is 4.79 Å². The number of rotatable bonds is 57. The van der Waals surface area contributed by atoms with Crippen LogP contribution in [0.5, 0.6) is 0 Å². The van der Waals surface area contributed by atoms with Gasteiger partial charge >= 0.3 is 17.9 Å². The zero-order chi connectivity index (χ0) is 58.7. The molecule has 0 aromatic carbocycles. The number of carbonyl (C=O) groups excluding carboxylic acids is 4. The zero-order valence-electron chi connectivity index (χ0n) is 52.1. The Balaban J connectivity index is 3.20. The van der Waals surface area contributed by atoms with Gasteiger partial charge in [0, 0.05) is 19.3 Å². The largest absolute Gasteiger partial charge is 0.480 e. The van der Waals surface area contributed by atoms with E-state index in [9.17, 15) is 39.3 Å². The van der Waals surface area contributed by atoms with Crippen molar-refractivity contribution in [3.8, 4) is 0 Å². The molecule has 80 heavy (non-hydrogen) atoms. The fraction of sp³-hybridized carbons (Fsp3) is 0.924. The second-order valence-electron chi connectivity index (χ2n) is 23.8. The lowest BCUT2D eigenvalue weighted by atomic mass is 9.95. The molecule has 0 radical (unpaired) electrons. The number of carboxylic acid groups (broad SMARTS) is 1. The molecule has 0 aromatic heterocycles. The van der Waals surface area contributed by atoms with Crippen molar-refractivity contribution in [2.45, 2.75) is 385 Å². The van der Waals surface area contributed by atoms with Gasteiger partial charge in [0.25, 0.3) is 0 Å². The number of hydrogen-bond donors (Lipinski definition) is 5. The molecule has 1 rings (SSSR count). The second-order valence-corrected chi connectivity index (χ2v) is 23.8. The van der Waals surface area contributed by atoms with Gasteiger partial charge in [-0.3, -0.25) is 19.2 Å². The molecule has 0 spiro atoms. The minimum Gasteiger partial charge on any atom is -0.480 e. The standard InChI is InChI=1S/C66H124N2O12/c1-6-10-14-18-22-26-29-33-37-41-45-49-57(70)67-61(65(75)76)54(5)77-66-62(64(63(74)56(53-69)79-66)80-60(73)51-47-43-39-35-31-28-24-20-16-12-8-3)68-58(71)52-55(48-44-40-36-32-25-21-17-13-9-4)78-59(72)50-46-42-38-34-30-27-23-19-15-11-7-2/h54-56,61-64,66,69,74H,6-53H2,1-5H3,(H,67,70)(H,68,71)(H,75,76)/t54-,55+,56+,61-,62+,63+,64+,66+/m0/s1. The molecule has 8 atom stereocenters. The number of unbranched alkanes of at least 4 members (excludes halogenated alkanes) is 38. The summed E-state index contributed by atoms with van der Waals surface area (Å²) in [6.07, 6.45) is 39.9. The molecule has 1 aliphatic heterocycles. The number of aliphatic carboxylic acids is 1. The van der Waals surface area contributed by atoms with E-state index in [0.29, 0.717) is 25.7 Å². The molecule has 14 nitrogen and oxygen atoms in total. The SMILES string of the molecule is CCCCCCCCCCCCCC(=O)N[C@H](C(=O)O)[C@H](C)O[C@@H]1O[C@H](CO)[C@@H](O)[C@H](OC(=O)CCCCCCCCCCCCC)[C@H]1NC(=O)C[C@@H](CCCCCCCCCCC)OC(=O)CCCCCCCCCCCCC. The highest BCUT2D eigenvalue weighted by Crippen LogP contribution is 2.28. The van der Waals surface area contributed by atoms with E-state index in [2.05, 4.69) is 38.3 Å². The highest BCUT2D eigenvalue weighted by atomic mass is 16.7. The van der Waals surface area contributed by atoms with Crippen LogP contribution in [0.2, 0.25) is 0 Å². The van der Waals surface area contributed by atoms with Crippen molar-refractivity contribution in [1.82, 2.24) is 10.6 Å². The average molecular weight is 1140 g/mol. The average Bonchev–Trinajstić information content (AvgIpc) is 3.44. The predicted molar refractivity (Wildman–Crippen MR) is 323 cm³/mol. The molecule has 1 aliphatic rings. The summed E-state index contributed by atoms with van der Waals surface area (Å²) in [4.78, 5) is 67.3. The number of hydrogen-bond acceptors (Lipinski definition) is 11. The van der Waals surface area contributed by atoms with Gasteiger partial charge in [0.15, 0.2) is 18.4 Å². The van der Waals surface area contributed by atoms with Crippen molar-refractivity contribution in [1.29, 1.82) is 0 Å². The van der Waals surface area contributed by atoms with Gasteiger partial charge in [0.2, 0.25) is 11.8 Å². The highest BCUT2D eigenvalue weighted by molar-refractivity contribution is 5.84. The monoisotopic (exact) mass is 1140 g/mol. The maximum Gasteiger partial charge on any atom is 0.328 e. The number of amides is 2. The topological polar surface area (TPSA) is 207 Å². The Labute approximate surface area is 488 Å². The third-order valence-electron chi connectivity index (χ3n) is 16.2. The molecule has 5 N–H and O–H groups in total. The summed E-state index contributed by atoms with van der Waals surface area (Å²) in [5.41, 5.74) is 0. The maximum absolute atomic E-state index is 14.3. The van der Waals surface area contributed by atoms with Crippen LogP contribution in [0.4, 0.5) is 0 Å². The molecular formula is C66H124N2O12. The molecule has 0 aromatic rings. The summed E-state index contributed by atoms with van der Waals surface area (Å²) in [6.45, 7) is 9.65. The van der Waals surface area contributed by atoms with Crippen LogP contribution < -0.4 is 10.6 Å². The molecule has 14 heteroatoms. The molecule has 0 saturated carbocycles. The third kappa shape index (κ3) is 40.4. The minimum atomic E-state index is -1.59. The number of ether oxygens (including phenoxy) is 4. The van der Waals surface area contributed by atoms with Crippen LogP contribution in [0.25, 0.3) is 0 Å². The molecule has 0 bridgehead atoms. The second kappa shape index (κ2) is 53.0. The van der Waals surface area contributed by atoms with E-state index in [1.165, 1.54) is 167 Å². The Bertz CT molecular complexity index is 1500. The van der Waals surface area contributed by atoms with Gasteiger partial charge in [0.05, 0.1) is 19.1 Å². The van der Waals surface area contributed by atoms with Crippen LogP contribution in [-0.2, 0) is 42.9 Å². The first-order chi connectivity index (χ1) is 38.9. The lowest BCUT2D eigenvalue weighted by Crippen LogP contribution is -2.67. The predicted octanol–water partition coefficient (Wildman–Crippen LogP) is 15.8. The summed E-state index contributed by atoms with van der Waals surface area (Å²) < 4.78 is 24.4. The fourth-order valence-electron chi connectivity index (χ4n) is 11.0. The summed E-state index contributed by atoms with van der Waals surface area (Å²) in [5.74, 6) is -3.31. The molecule has 470 valence electrons. The number of carbonyl (C=O) groups is 5. The summed E-state index contributed by atoms with van der Waals surface area (Å²) in [5, 5.41) is 38.0. The molecular weight excluding hydrogens is 1010 g/mol. The van der Waals surface area contributed by atoms with Crippen molar-refractivity contribution in [3.05, 3.63) is 0 Å². The first kappa shape index (κ1) is 75.2. The number of carboxylic acids is 1. The van der Waals surface area contributed by atoms with Gasteiger partial charge in [-0.2, -0.15) is 0 Å². The van der Waals surface area contributed by atoms with Crippen LogP contribution in [-0.4, -0.2) is 101 Å². The molecule has 2 amide bonds. The normalized spacial score (nSPS) is 18.4. The van der Waals surface area contributed by atoms with Gasteiger partial charge in [-0.1, -0.05) is 272 Å². The summed E-state index contributed by atoms with van der Waals surface area (Å²) in [7, 11) is 0. The van der Waals surface area contributed by atoms with Crippen LogP contribution in [0.15, 0.2) is 0 Å². The van der Waals surface area contributed by atoms with E-state index < -0.39 is 79.3 Å². The molecule has 1 fully saturated rings. The quantitative estimate of drug-likeness (QED) is 0.0285. The summed E-state index contributed by atoms with van der Waals surface area (Å²) >= 11 is 0. The van der Waals surface area contributed by atoms with Crippen molar-refractivity contribution in [2.75, 3.05) is 6.61 Å². The molecule has 1 heterocycles. The first-order valence-corrected chi connectivity index (χ1v) is 33.7. The Morgan fingerprint density at radius 2 is 0.850 bits per heavy atom. The van der Waals surface area contributed by atoms with E-state index >= 15 is 0 Å². The van der Waals surface area contributed by atoms with E-state index in [1.54, 1.807) is 0 Å². The Morgan fingerprint density at radius 1 is 0.487 bits per heavy atom. The number of esters is 2. The zero-order valence-corrected chi connectivity index (χ0v) is 52.1. The van der Waals surface area contributed by atoms with E-state index in [4.69, 9.17) is 18.9 Å². The van der Waals surface area contributed by atoms with Gasteiger partial charge in [-0.05, 0) is 39.0 Å². The first-order valence-electron chi connectivity index (χ1n) is 33.7. The maximum atomic E-state index is 14.3. The number of aliphatic hydroxyl groups is 2. The van der Waals surface area contributed by atoms with E-state index in [-0.39, 0.29) is 31.7 Å². The smallest absolute Gasteiger partial charge is 0.328 e. The van der Waals surface area contributed by atoms with Crippen molar-refractivity contribution < 1.29 is 58.2 Å².